The second-order valence-electron chi connectivity index (χ2n) is 19.0. The molecule has 0 bridgehead atoms. The summed E-state index contributed by atoms with van der Waals surface area (Å²) in [5.74, 6) is 0.559. The molecule has 4 N–H and O–H groups in total. The molecule has 0 spiro atoms. The van der Waals surface area contributed by atoms with Gasteiger partial charge >= 0.3 is 11.9 Å². The minimum atomic E-state index is -1.11. The van der Waals surface area contributed by atoms with Crippen molar-refractivity contribution in [2.75, 3.05) is 0 Å². The molecule has 4 aliphatic carbocycles. The molecule has 9 heteroatoms. The van der Waals surface area contributed by atoms with E-state index in [2.05, 4.69) is 39.2 Å². The molecule has 8 nitrogen and oxygen atoms in total. The van der Waals surface area contributed by atoms with E-state index in [0.29, 0.717) is 30.1 Å². The van der Waals surface area contributed by atoms with E-state index in [9.17, 15) is 34.4 Å². The monoisotopic (exact) mass is 785 g/mol. The Kier molecular flexibility index (Phi) is 12.1. The van der Waals surface area contributed by atoms with Gasteiger partial charge < -0.3 is 29.7 Å². The molecule has 0 saturated heterocycles. The van der Waals surface area contributed by atoms with Crippen LogP contribution >= 0.6 is 0 Å². The number of hydrogen-bond acceptors (Lipinski definition) is 6. The van der Waals surface area contributed by atoms with Gasteiger partial charge in [-0.25, -0.2) is 4.39 Å². The first-order chi connectivity index (χ1) is 27.1. The summed E-state index contributed by atoms with van der Waals surface area (Å²) in [5.41, 5.74) is 3.52. The lowest BCUT2D eigenvalue weighted by atomic mass is 9.43. The highest BCUT2D eigenvalue weighted by atomic mass is 19.1. The first kappa shape index (κ1) is 41.6. The SMILES string of the molecule is CC(C)n1c(/C=C/[C@H](O)C[C@@H](CC(=O)O)OC(=O)CC[C@@H](C)[C@H]2CCC3C4CC[C@@H]5C[C@H](O)CC[C@]5(C)C4C[C@H](O)[C@@]32C)c(-c2ccc(F)cc2)c2ccccc21. The van der Waals surface area contributed by atoms with Gasteiger partial charge in [0.1, 0.15) is 11.9 Å². The fraction of sp³-hybridized carbons (Fsp3) is 0.625. The molecule has 4 saturated carbocycles. The highest BCUT2D eigenvalue weighted by Crippen LogP contribution is 2.68. The van der Waals surface area contributed by atoms with Gasteiger partial charge in [-0.1, -0.05) is 57.2 Å². The number of hydrogen-bond donors (Lipinski definition) is 4. The maximum Gasteiger partial charge on any atom is 0.307 e. The third kappa shape index (κ3) is 7.97. The van der Waals surface area contributed by atoms with Crippen molar-refractivity contribution in [1.82, 2.24) is 4.57 Å². The van der Waals surface area contributed by atoms with E-state index in [1.807, 2.05) is 30.3 Å². The van der Waals surface area contributed by atoms with Crippen LogP contribution in [0, 0.1) is 52.2 Å². The largest absolute Gasteiger partial charge is 0.481 e. The average molecular weight is 786 g/mol. The Morgan fingerprint density at radius 3 is 2.42 bits per heavy atom. The van der Waals surface area contributed by atoms with Crippen molar-refractivity contribution < 1.29 is 39.1 Å². The normalized spacial score (nSPS) is 32.8. The van der Waals surface area contributed by atoms with E-state index in [0.717, 1.165) is 72.7 Å². The Hall–Kier alpha value is -3.53. The quantitative estimate of drug-likeness (QED) is 0.127. The summed E-state index contributed by atoms with van der Waals surface area (Å²) in [4.78, 5) is 25.2. The number of esters is 1. The lowest BCUT2D eigenvalue weighted by Gasteiger charge is -2.62. The number of ether oxygens (including phenoxy) is 1. The number of carbonyl (C=O) groups is 2. The van der Waals surface area contributed by atoms with Gasteiger partial charge in [-0.2, -0.15) is 0 Å². The van der Waals surface area contributed by atoms with Gasteiger partial charge in [0.15, 0.2) is 0 Å². The number of carbonyl (C=O) groups excluding carboxylic acids is 1. The number of aliphatic hydroxyl groups is 3. The summed E-state index contributed by atoms with van der Waals surface area (Å²) in [6, 6.07) is 14.4. The zero-order valence-electron chi connectivity index (χ0n) is 34.4. The number of carboxylic acid groups (broad SMARTS) is 1. The number of para-hydroxylation sites is 1. The number of aliphatic hydroxyl groups excluding tert-OH is 3. The Morgan fingerprint density at radius 2 is 1.70 bits per heavy atom. The molecule has 1 heterocycles. The number of aliphatic carboxylic acids is 1. The topological polar surface area (TPSA) is 129 Å². The number of benzene rings is 2. The van der Waals surface area contributed by atoms with E-state index in [-0.39, 0.29) is 53.5 Å². The molecule has 2 aromatic carbocycles. The van der Waals surface area contributed by atoms with E-state index in [4.69, 9.17) is 4.74 Å². The first-order valence-corrected chi connectivity index (χ1v) is 21.6. The van der Waals surface area contributed by atoms with Crippen molar-refractivity contribution in [1.29, 1.82) is 0 Å². The molecule has 7 rings (SSSR count). The highest BCUT2D eigenvalue weighted by molar-refractivity contribution is 6.01. The molecule has 57 heavy (non-hydrogen) atoms. The van der Waals surface area contributed by atoms with Crippen LogP contribution < -0.4 is 0 Å². The lowest BCUT2D eigenvalue weighted by Crippen LogP contribution is -2.58. The van der Waals surface area contributed by atoms with Crippen molar-refractivity contribution in [2.24, 2.45) is 46.3 Å². The standard InChI is InChI=1S/C48H64FNO7/c1-28(2)50-41-9-7-6-8-37(41)46(30-11-14-32(49)15-12-30)42(50)20-16-33(51)25-35(26-44(54)55)57-45(56)21-10-29(3)38-18-19-39-36-17-13-31-24-34(52)22-23-47(31,4)40(36)27-43(53)48(38,39)5/h6-9,11-12,14-16,20,28-29,31,33-36,38-40,43,51-53H,10,13,17-19,21-27H2,1-5H3,(H,54,55)/b20-16+/t29-,31-,33+,34-,35+,36?,38-,39?,40?,43+,47+,48-/m1/s1. The van der Waals surface area contributed by atoms with Crippen molar-refractivity contribution in [2.45, 2.75) is 142 Å². The molecule has 3 aromatic rings. The van der Waals surface area contributed by atoms with Crippen molar-refractivity contribution >= 4 is 28.9 Å². The van der Waals surface area contributed by atoms with Crippen molar-refractivity contribution in [3.8, 4) is 11.1 Å². The number of halogens is 1. The van der Waals surface area contributed by atoms with Crippen LogP contribution in [-0.4, -0.2) is 61.3 Å². The minimum Gasteiger partial charge on any atom is -0.481 e. The average Bonchev–Trinajstić information content (AvgIpc) is 3.70. The van der Waals surface area contributed by atoms with E-state index >= 15 is 0 Å². The fourth-order valence-electron chi connectivity index (χ4n) is 12.8. The third-order valence-corrected chi connectivity index (χ3v) is 15.6. The Bertz CT molecular complexity index is 1940. The van der Waals surface area contributed by atoms with Crippen molar-refractivity contribution in [3.05, 3.63) is 66.1 Å². The molecule has 4 aliphatic rings. The van der Waals surface area contributed by atoms with Crippen LogP contribution in [0.1, 0.15) is 123 Å². The Balaban J connectivity index is 1.00. The predicted octanol–water partition coefficient (Wildman–Crippen LogP) is 9.59. The molecule has 0 aliphatic heterocycles. The Morgan fingerprint density at radius 1 is 0.965 bits per heavy atom. The molecular weight excluding hydrogens is 722 g/mol. The zero-order chi connectivity index (χ0) is 40.8. The van der Waals surface area contributed by atoms with Gasteiger partial charge in [0, 0.05) is 41.0 Å². The van der Waals surface area contributed by atoms with Crippen LogP contribution in [0.15, 0.2) is 54.6 Å². The zero-order valence-corrected chi connectivity index (χ0v) is 34.4. The summed E-state index contributed by atoms with van der Waals surface area (Å²) < 4.78 is 21.9. The second kappa shape index (κ2) is 16.6. The van der Waals surface area contributed by atoms with Gasteiger partial charge in [0.2, 0.25) is 0 Å². The van der Waals surface area contributed by atoms with Gasteiger partial charge in [-0.3, -0.25) is 9.59 Å². The van der Waals surface area contributed by atoms with Gasteiger partial charge in [-0.05, 0) is 148 Å². The fourth-order valence-corrected chi connectivity index (χ4v) is 12.8. The summed E-state index contributed by atoms with van der Waals surface area (Å²) in [6.07, 6.45) is 9.00. The first-order valence-electron chi connectivity index (χ1n) is 21.6. The van der Waals surface area contributed by atoms with Crippen molar-refractivity contribution in [3.63, 3.8) is 0 Å². The van der Waals surface area contributed by atoms with Gasteiger partial charge in [0.25, 0.3) is 0 Å². The smallest absolute Gasteiger partial charge is 0.307 e. The minimum absolute atomic E-state index is 0.0656. The van der Waals surface area contributed by atoms with E-state index in [1.54, 1.807) is 18.2 Å². The van der Waals surface area contributed by atoms with E-state index in [1.165, 1.54) is 18.6 Å². The predicted molar refractivity (Wildman–Crippen MR) is 221 cm³/mol. The highest BCUT2D eigenvalue weighted by Gasteiger charge is 2.63. The maximum atomic E-state index is 13.9. The maximum absolute atomic E-state index is 13.9. The van der Waals surface area contributed by atoms with Crippen LogP contribution in [0.4, 0.5) is 4.39 Å². The number of nitrogens with zero attached hydrogens (tertiary/aromatic N) is 1. The third-order valence-electron chi connectivity index (χ3n) is 15.6. The summed E-state index contributed by atoms with van der Waals surface area (Å²) in [5, 5.41) is 44.3. The molecule has 0 radical (unpaired) electrons. The number of rotatable bonds is 13. The Labute approximate surface area is 337 Å². The molecule has 310 valence electrons. The van der Waals surface area contributed by atoms with Crippen LogP contribution in [0.2, 0.25) is 0 Å². The van der Waals surface area contributed by atoms with Gasteiger partial charge in [-0.15, -0.1) is 0 Å². The van der Waals surface area contributed by atoms with Gasteiger partial charge in [0.05, 0.1) is 24.7 Å². The summed E-state index contributed by atoms with van der Waals surface area (Å²) >= 11 is 0. The molecule has 4 fully saturated rings. The molecule has 12 atom stereocenters. The van der Waals surface area contributed by atoms with Crippen LogP contribution in [0.25, 0.3) is 28.1 Å². The molecule has 3 unspecified atom stereocenters. The van der Waals surface area contributed by atoms with Crippen LogP contribution in [0.3, 0.4) is 0 Å². The number of fused-ring (bicyclic) bond motifs is 6. The van der Waals surface area contributed by atoms with Crippen LogP contribution in [-0.2, 0) is 14.3 Å². The second-order valence-corrected chi connectivity index (χ2v) is 19.0. The van der Waals surface area contributed by atoms with Crippen LogP contribution in [0.5, 0.6) is 0 Å². The number of carboxylic acids is 1. The molecule has 1 aromatic heterocycles. The lowest BCUT2D eigenvalue weighted by molar-refractivity contribution is -0.175. The van der Waals surface area contributed by atoms with E-state index < -0.39 is 36.7 Å². The molecular formula is C48H64FNO7. The summed E-state index contributed by atoms with van der Waals surface area (Å²) in [7, 11) is 0. The molecule has 0 amide bonds. The summed E-state index contributed by atoms with van der Waals surface area (Å²) in [6.45, 7) is 11.1. The number of aromatic nitrogens is 1.